The lowest BCUT2D eigenvalue weighted by atomic mass is 9.63. The monoisotopic (exact) mass is 192 g/mol. The fraction of sp³-hybridized carbons (Fsp3) is 1.00. The van der Waals surface area contributed by atoms with Gasteiger partial charge in [0.05, 0.1) is 6.10 Å². The van der Waals surface area contributed by atoms with E-state index in [4.69, 9.17) is 26.4 Å². The summed E-state index contributed by atoms with van der Waals surface area (Å²) in [4.78, 5) is 0. The van der Waals surface area contributed by atoms with Gasteiger partial charge in [-0.1, -0.05) is 0 Å². The van der Waals surface area contributed by atoms with Crippen LogP contribution in [0.15, 0.2) is 0 Å². The van der Waals surface area contributed by atoms with Gasteiger partial charge in [0, 0.05) is 18.3 Å². The highest BCUT2D eigenvalue weighted by molar-refractivity contribution is 6.43. The van der Waals surface area contributed by atoms with E-state index in [0.29, 0.717) is 6.42 Å². The van der Waals surface area contributed by atoms with E-state index in [1.807, 2.05) is 0 Å². The van der Waals surface area contributed by atoms with Crippen molar-refractivity contribution in [3.05, 3.63) is 0 Å². The summed E-state index contributed by atoms with van der Waals surface area (Å²) in [5.74, 6) is -0.230. The number of methoxy groups -OCH3 is 1. The summed E-state index contributed by atoms with van der Waals surface area (Å²) < 4.78 is 5.13. The molecule has 1 saturated carbocycles. The Morgan fingerprint density at radius 1 is 1.42 bits per heavy atom. The summed E-state index contributed by atoms with van der Waals surface area (Å²) >= 11 is 5.90. The molecule has 3 nitrogen and oxygen atoms in total. The van der Waals surface area contributed by atoms with Crippen molar-refractivity contribution in [1.29, 1.82) is 0 Å². The summed E-state index contributed by atoms with van der Waals surface area (Å²) in [6.45, 7) is 0. The Morgan fingerprint density at radius 2 is 2.08 bits per heavy atom. The Kier molecular flexibility index (Phi) is 3.84. The van der Waals surface area contributed by atoms with Crippen LogP contribution in [0.5, 0.6) is 0 Å². The van der Waals surface area contributed by atoms with E-state index in [1.165, 1.54) is 0 Å². The maximum atomic E-state index is 9.01. The third-order valence-electron chi connectivity index (χ3n) is 2.46. The van der Waals surface area contributed by atoms with E-state index in [1.54, 1.807) is 7.11 Å². The van der Waals surface area contributed by atoms with E-state index in [0.717, 1.165) is 12.8 Å². The average Bonchev–Trinajstić information content (AvgIpc) is 2.04. The van der Waals surface area contributed by atoms with E-state index in [2.05, 4.69) is 0 Å². The van der Waals surface area contributed by atoms with Crippen molar-refractivity contribution in [2.24, 2.45) is 0 Å². The summed E-state index contributed by atoms with van der Waals surface area (Å²) in [6.07, 6.45) is 2.27. The van der Waals surface area contributed by atoms with Crippen LogP contribution in [-0.4, -0.2) is 35.8 Å². The molecule has 1 rings (SSSR count). The van der Waals surface area contributed by atoms with Gasteiger partial charge in [-0.25, -0.2) is 0 Å². The van der Waals surface area contributed by atoms with Gasteiger partial charge in [0.2, 0.25) is 0 Å². The van der Waals surface area contributed by atoms with Gasteiger partial charge in [-0.05, 0) is 19.3 Å². The van der Waals surface area contributed by atoms with E-state index < -0.39 is 7.12 Å². The number of ether oxygens (including phenoxy) is 1. The molecule has 0 aromatic rings. The second-order valence-corrected chi connectivity index (χ2v) is 3.88. The molecular weight excluding hydrogens is 178 g/mol. The molecule has 0 bridgehead atoms. The van der Waals surface area contributed by atoms with Gasteiger partial charge in [-0.15, -0.1) is 11.6 Å². The molecule has 12 heavy (non-hydrogen) atoms. The van der Waals surface area contributed by atoms with Gasteiger partial charge in [-0.2, -0.15) is 0 Å². The minimum atomic E-state index is -1.31. The molecule has 1 fully saturated rings. The predicted molar refractivity (Wildman–Crippen MR) is 48.2 cm³/mol. The van der Waals surface area contributed by atoms with Gasteiger partial charge >= 0.3 is 7.12 Å². The van der Waals surface area contributed by atoms with E-state index in [-0.39, 0.29) is 17.3 Å². The minimum absolute atomic E-state index is 0.0556. The summed E-state index contributed by atoms with van der Waals surface area (Å²) in [5.41, 5.74) is 0. The highest BCUT2D eigenvalue weighted by Crippen LogP contribution is 2.34. The van der Waals surface area contributed by atoms with Crippen LogP contribution in [0.3, 0.4) is 0 Å². The fourth-order valence-corrected chi connectivity index (χ4v) is 2.06. The van der Waals surface area contributed by atoms with Crippen molar-refractivity contribution in [3.63, 3.8) is 0 Å². The highest BCUT2D eigenvalue weighted by Gasteiger charge is 2.37. The van der Waals surface area contributed by atoms with Gasteiger partial charge in [0.15, 0.2) is 0 Å². The summed E-state index contributed by atoms with van der Waals surface area (Å²) in [7, 11) is 0.283. The van der Waals surface area contributed by atoms with E-state index >= 15 is 0 Å². The molecule has 0 spiro atoms. The second kappa shape index (κ2) is 4.47. The quantitative estimate of drug-likeness (QED) is 0.499. The van der Waals surface area contributed by atoms with Crippen LogP contribution in [0.2, 0.25) is 5.82 Å². The van der Waals surface area contributed by atoms with Crippen LogP contribution in [0.1, 0.15) is 19.3 Å². The number of hydrogen-bond donors (Lipinski definition) is 2. The van der Waals surface area contributed by atoms with Crippen LogP contribution in [-0.2, 0) is 4.74 Å². The van der Waals surface area contributed by atoms with Crippen molar-refractivity contribution in [1.82, 2.24) is 0 Å². The number of halogens is 1. The van der Waals surface area contributed by atoms with Crippen molar-refractivity contribution in [3.8, 4) is 0 Å². The van der Waals surface area contributed by atoms with Crippen LogP contribution in [0.25, 0.3) is 0 Å². The molecule has 0 aliphatic heterocycles. The largest absolute Gasteiger partial charge is 0.457 e. The standard InChI is InChI=1S/C7H14BClO3/c1-12-7-3-2-5(9)4-6(7)8(10)11/h5-7,10-11H,2-4H2,1H3. The zero-order valence-corrected chi connectivity index (χ0v) is 7.87. The molecule has 0 radical (unpaired) electrons. The zero-order valence-electron chi connectivity index (χ0n) is 7.11. The maximum Gasteiger partial charge on any atom is 0.457 e. The molecule has 3 atom stereocenters. The minimum Gasteiger partial charge on any atom is -0.427 e. The van der Waals surface area contributed by atoms with Gasteiger partial charge in [0.1, 0.15) is 0 Å². The van der Waals surface area contributed by atoms with E-state index in [9.17, 15) is 0 Å². The fourth-order valence-electron chi connectivity index (χ4n) is 1.73. The third-order valence-corrected chi connectivity index (χ3v) is 2.85. The molecule has 3 unspecified atom stereocenters. The predicted octanol–water partition coefficient (Wildman–Crippen LogP) is 0.636. The normalized spacial score (nSPS) is 36.5. The first-order valence-corrected chi connectivity index (χ1v) is 4.61. The van der Waals surface area contributed by atoms with Crippen LogP contribution in [0, 0.1) is 0 Å². The van der Waals surface area contributed by atoms with Gasteiger partial charge in [0.25, 0.3) is 0 Å². The number of alkyl halides is 1. The molecule has 1 aliphatic rings. The Hall–Kier alpha value is 0.235. The maximum absolute atomic E-state index is 9.01. The Morgan fingerprint density at radius 3 is 2.58 bits per heavy atom. The smallest absolute Gasteiger partial charge is 0.427 e. The highest BCUT2D eigenvalue weighted by atomic mass is 35.5. The van der Waals surface area contributed by atoms with Crippen molar-refractivity contribution >= 4 is 18.7 Å². The molecular formula is C7H14BClO3. The topological polar surface area (TPSA) is 49.7 Å². The van der Waals surface area contributed by atoms with Gasteiger partial charge < -0.3 is 14.8 Å². The number of rotatable bonds is 2. The Bertz CT molecular complexity index is 145. The second-order valence-electron chi connectivity index (χ2n) is 3.26. The number of hydrogen-bond acceptors (Lipinski definition) is 3. The molecule has 0 aromatic heterocycles. The Balaban J connectivity index is 2.52. The zero-order chi connectivity index (χ0) is 9.14. The molecule has 0 heterocycles. The molecule has 0 aromatic carbocycles. The first kappa shape index (κ1) is 10.3. The third kappa shape index (κ3) is 2.36. The lowest BCUT2D eigenvalue weighted by Crippen LogP contribution is -2.37. The molecule has 1 aliphatic carbocycles. The Labute approximate surface area is 77.8 Å². The molecule has 2 N–H and O–H groups in total. The molecule has 5 heteroatoms. The van der Waals surface area contributed by atoms with Gasteiger partial charge in [-0.3, -0.25) is 0 Å². The van der Waals surface area contributed by atoms with Crippen LogP contribution >= 0.6 is 11.6 Å². The van der Waals surface area contributed by atoms with Crippen molar-refractivity contribution in [2.45, 2.75) is 36.6 Å². The lowest BCUT2D eigenvalue weighted by Gasteiger charge is -2.32. The van der Waals surface area contributed by atoms with Crippen molar-refractivity contribution < 1.29 is 14.8 Å². The first-order chi connectivity index (χ1) is 5.65. The summed E-state index contributed by atoms with van der Waals surface area (Å²) in [5, 5.41) is 18.1. The van der Waals surface area contributed by atoms with Crippen LogP contribution in [0.4, 0.5) is 0 Å². The SMILES string of the molecule is COC1CCC(Cl)CC1B(O)O. The first-order valence-electron chi connectivity index (χ1n) is 4.18. The van der Waals surface area contributed by atoms with Crippen LogP contribution < -0.4 is 0 Å². The molecule has 0 saturated heterocycles. The lowest BCUT2D eigenvalue weighted by molar-refractivity contribution is 0.0626. The molecule has 0 amide bonds. The average molecular weight is 192 g/mol. The van der Waals surface area contributed by atoms with Crippen molar-refractivity contribution in [2.75, 3.05) is 7.11 Å². The molecule has 70 valence electrons. The summed E-state index contributed by atoms with van der Waals surface area (Å²) in [6, 6.07) is 0.